The summed E-state index contributed by atoms with van der Waals surface area (Å²) in [6.07, 6.45) is -5.16. The Hall–Kier alpha value is -1.53. The molecule has 0 fully saturated rings. The van der Waals surface area contributed by atoms with Gasteiger partial charge in [0, 0.05) is 4.47 Å². The van der Waals surface area contributed by atoms with Crippen LogP contribution in [0.1, 0.15) is 24.2 Å². The zero-order valence-corrected chi connectivity index (χ0v) is 12.6. The van der Waals surface area contributed by atoms with Gasteiger partial charge in [0.05, 0.1) is 11.7 Å². The molecular formula is C15H12BrF3O2. The van der Waals surface area contributed by atoms with Crippen LogP contribution < -0.4 is 4.74 Å². The number of aliphatic hydroxyl groups is 1. The van der Waals surface area contributed by atoms with Gasteiger partial charge in [0.1, 0.15) is 11.5 Å². The quantitative estimate of drug-likeness (QED) is 0.803. The number of rotatable bonds is 3. The highest BCUT2D eigenvalue weighted by atomic mass is 79.9. The second-order valence-corrected chi connectivity index (χ2v) is 5.31. The summed E-state index contributed by atoms with van der Waals surface area (Å²) >= 11 is 3.26. The van der Waals surface area contributed by atoms with Crippen molar-refractivity contribution in [3.63, 3.8) is 0 Å². The molecule has 0 amide bonds. The molecule has 0 bridgehead atoms. The molecule has 0 spiro atoms. The molecule has 0 radical (unpaired) electrons. The minimum Gasteiger partial charge on any atom is -0.457 e. The maximum Gasteiger partial charge on any atom is 0.419 e. The van der Waals surface area contributed by atoms with E-state index in [0.717, 1.165) is 6.07 Å². The van der Waals surface area contributed by atoms with Crippen LogP contribution in [0.5, 0.6) is 11.5 Å². The molecular weight excluding hydrogens is 349 g/mol. The van der Waals surface area contributed by atoms with Crippen LogP contribution in [0.3, 0.4) is 0 Å². The third kappa shape index (κ3) is 3.77. The second-order valence-electron chi connectivity index (χ2n) is 4.46. The number of ether oxygens (including phenoxy) is 1. The van der Waals surface area contributed by atoms with E-state index in [4.69, 9.17) is 4.74 Å². The van der Waals surface area contributed by atoms with Crippen LogP contribution in [0.2, 0.25) is 0 Å². The molecule has 0 aliphatic carbocycles. The van der Waals surface area contributed by atoms with Gasteiger partial charge in [-0.1, -0.05) is 34.1 Å². The van der Waals surface area contributed by atoms with E-state index in [2.05, 4.69) is 15.9 Å². The first-order chi connectivity index (χ1) is 9.79. The summed E-state index contributed by atoms with van der Waals surface area (Å²) in [4.78, 5) is 0. The molecule has 0 saturated carbocycles. The summed E-state index contributed by atoms with van der Waals surface area (Å²) in [5.74, 6) is -0.00956. The lowest BCUT2D eigenvalue weighted by Crippen LogP contribution is -2.06. The van der Waals surface area contributed by atoms with Crippen molar-refractivity contribution >= 4 is 15.9 Å². The summed E-state index contributed by atoms with van der Waals surface area (Å²) in [5.41, 5.74) is -0.202. The van der Waals surface area contributed by atoms with Crippen molar-refractivity contribution in [1.82, 2.24) is 0 Å². The summed E-state index contributed by atoms with van der Waals surface area (Å²) in [6.45, 7) is 1.60. The minimum absolute atomic E-state index is 0.253. The maximum absolute atomic E-state index is 12.9. The van der Waals surface area contributed by atoms with Crippen molar-refractivity contribution in [3.8, 4) is 11.5 Å². The van der Waals surface area contributed by atoms with Crippen LogP contribution in [0.15, 0.2) is 46.9 Å². The molecule has 0 aliphatic rings. The molecule has 6 heteroatoms. The maximum atomic E-state index is 12.9. The SMILES string of the molecule is CC(O)c1ccc(Oc2ccccc2C(F)(F)F)cc1Br. The first kappa shape index (κ1) is 15.9. The summed E-state index contributed by atoms with van der Waals surface area (Å²) < 4.78 is 44.5. The summed E-state index contributed by atoms with van der Waals surface area (Å²) in [5, 5.41) is 9.52. The Morgan fingerprint density at radius 3 is 2.38 bits per heavy atom. The van der Waals surface area contributed by atoms with Crippen molar-refractivity contribution in [2.45, 2.75) is 19.2 Å². The van der Waals surface area contributed by atoms with E-state index in [1.165, 1.54) is 30.3 Å². The van der Waals surface area contributed by atoms with Gasteiger partial charge in [-0.25, -0.2) is 0 Å². The Kier molecular flexibility index (Phi) is 4.58. The lowest BCUT2D eigenvalue weighted by molar-refractivity contribution is -0.138. The molecule has 1 N–H and O–H groups in total. The Bertz CT molecular complexity index is 639. The predicted octanol–water partition coefficient (Wildman–Crippen LogP) is 5.31. The van der Waals surface area contributed by atoms with Crippen molar-refractivity contribution in [2.24, 2.45) is 0 Å². The topological polar surface area (TPSA) is 29.5 Å². The van der Waals surface area contributed by atoms with Crippen molar-refractivity contribution < 1.29 is 23.0 Å². The highest BCUT2D eigenvalue weighted by molar-refractivity contribution is 9.10. The fourth-order valence-electron chi connectivity index (χ4n) is 1.83. The molecule has 2 aromatic carbocycles. The van der Waals surface area contributed by atoms with Gasteiger partial charge in [0.25, 0.3) is 0 Å². The Balaban J connectivity index is 2.33. The van der Waals surface area contributed by atoms with E-state index in [1.54, 1.807) is 13.0 Å². The van der Waals surface area contributed by atoms with Gasteiger partial charge in [-0.2, -0.15) is 13.2 Å². The van der Waals surface area contributed by atoms with E-state index in [9.17, 15) is 18.3 Å². The molecule has 112 valence electrons. The molecule has 0 heterocycles. The molecule has 2 nitrogen and oxygen atoms in total. The smallest absolute Gasteiger partial charge is 0.419 e. The zero-order chi connectivity index (χ0) is 15.6. The number of benzene rings is 2. The van der Waals surface area contributed by atoms with Gasteiger partial charge in [-0.15, -0.1) is 0 Å². The van der Waals surface area contributed by atoms with Gasteiger partial charge < -0.3 is 9.84 Å². The minimum atomic E-state index is -4.48. The average Bonchev–Trinajstić information content (AvgIpc) is 2.37. The van der Waals surface area contributed by atoms with Crippen molar-refractivity contribution in [3.05, 3.63) is 58.1 Å². The first-order valence-electron chi connectivity index (χ1n) is 6.10. The molecule has 2 rings (SSSR count). The van der Waals surface area contributed by atoms with Crippen LogP contribution in [0.4, 0.5) is 13.2 Å². The van der Waals surface area contributed by atoms with Crippen LogP contribution in [-0.2, 0) is 6.18 Å². The fraction of sp³-hybridized carbons (Fsp3) is 0.200. The molecule has 0 aromatic heterocycles. The molecule has 2 aromatic rings. The number of para-hydroxylation sites is 1. The van der Waals surface area contributed by atoms with Crippen LogP contribution in [-0.4, -0.2) is 5.11 Å². The van der Waals surface area contributed by atoms with E-state index in [-0.39, 0.29) is 11.5 Å². The normalized spacial score (nSPS) is 13.0. The molecule has 1 unspecified atom stereocenters. The monoisotopic (exact) mass is 360 g/mol. The van der Waals surface area contributed by atoms with Gasteiger partial charge in [-0.3, -0.25) is 0 Å². The molecule has 21 heavy (non-hydrogen) atoms. The third-order valence-corrected chi connectivity index (χ3v) is 3.53. The standard InChI is InChI=1S/C15H12BrF3O2/c1-9(20)11-7-6-10(8-13(11)16)21-14-5-3-2-4-12(14)15(17,18)19/h2-9,20H,1H3. The van der Waals surface area contributed by atoms with Gasteiger partial charge in [0.2, 0.25) is 0 Å². The largest absolute Gasteiger partial charge is 0.457 e. The zero-order valence-electron chi connectivity index (χ0n) is 11.0. The average molecular weight is 361 g/mol. The third-order valence-electron chi connectivity index (χ3n) is 2.84. The highest BCUT2D eigenvalue weighted by Gasteiger charge is 2.34. The van der Waals surface area contributed by atoms with Crippen LogP contribution in [0.25, 0.3) is 0 Å². The van der Waals surface area contributed by atoms with Gasteiger partial charge in [0.15, 0.2) is 0 Å². The Labute approximate surface area is 128 Å². The fourth-order valence-corrected chi connectivity index (χ4v) is 2.52. The summed E-state index contributed by atoms with van der Waals surface area (Å²) in [7, 11) is 0. The second kappa shape index (κ2) is 6.07. The number of aliphatic hydroxyl groups excluding tert-OH is 1. The van der Waals surface area contributed by atoms with E-state index < -0.39 is 17.8 Å². The number of halogens is 4. The van der Waals surface area contributed by atoms with Crippen LogP contribution >= 0.6 is 15.9 Å². The molecule has 0 saturated heterocycles. The van der Waals surface area contributed by atoms with Crippen molar-refractivity contribution in [1.29, 1.82) is 0 Å². The predicted molar refractivity (Wildman–Crippen MR) is 76.3 cm³/mol. The highest BCUT2D eigenvalue weighted by Crippen LogP contribution is 2.38. The first-order valence-corrected chi connectivity index (χ1v) is 6.90. The number of hydrogen-bond acceptors (Lipinski definition) is 2. The van der Waals surface area contributed by atoms with Gasteiger partial charge in [-0.05, 0) is 36.8 Å². The lowest BCUT2D eigenvalue weighted by atomic mass is 10.1. The van der Waals surface area contributed by atoms with E-state index in [0.29, 0.717) is 10.0 Å². The van der Waals surface area contributed by atoms with Crippen molar-refractivity contribution in [2.75, 3.05) is 0 Å². The number of alkyl halides is 3. The molecule has 0 aliphatic heterocycles. The lowest BCUT2D eigenvalue weighted by Gasteiger charge is -2.14. The Morgan fingerprint density at radius 1 is 1.14 bits per heavy atom. The van der Waals surface area contributed by atoms with Gasteiger partial charge >= 0.3 is 6.18 Å². The van der Waals surface area contributed by atoms with E-state index >= 15 is 0 Å². The number of hydrogen-bond donors (Lipinski definition) is 1. The molecule has 1 atom stereocenters. The Morgan fingerprint density at radius 2 is 1.81 bits per heavy atom. The van der Waals surface area contributed by atoms with Crippen LogP contribution in [0, 0.1) is 0 Å². The summed E-state index contributed by atoms with van der Waals surface area (Å²) in [6, 6.07) is 9.65. The van der Waals surface area contributed by atoms with E-state index in [1.807, 2.05) is 0 Å².